The highest BCUT2D eigenvalue weighted by atomic mass is 127. The fraction of sp³-hybridized carbons (Fsp3) is 0.667. The lowest BCUT2D eigenvalue weighted by Crippen LogP contribution is -2.49. The molecule has 0 radical (unpaired) electrons. The van der Waals surface area contributed by atoms with Gasteiger partial charge in [0.2, 0.25) is 5.91 Å². The Morgan fingerprint density at radius 1 is 1.28 bits per heavy atom. The molecule has 2 heterocycles. The van der Waals surface area contributed by atoms with Crippen molar-refractivity contribution in [2.75, 3.05) is 52.5 Å². The van der Waals surface area contributed by atoms with E-state index in [2.05, 4.69) is 60.6 Å². The maximum Gasteiger partial charge on any atom is 0.223 e. The lowest BCUT2D eigenvalue weighted by atomic mass is 10.1. The van der Waals surface area contributed by atoms with Gasteiger partial charge in [-0.1, -0.05) is 30.3 Å². The number of amides is 1. The Balaban J connectivity index is 0.00000363. The van der Waals surface area contributed by atoms with Crippen LogP contribution in [0.15, 0.2) is 35.3 Å². The highest BCUT2D eigenvalue weighted by molar-refractivity contribution is 14.0. The highest BCUT2D eigenvalue weighted by Crippen LogP contribution is 2.17. The first-order valence-corrected chi connectivity index (χ1v) is 11.7. The second-order valence-electron chi connectivity index (χ2n) is 8.76. The van der Waals surface area contributed by atoms with Crippen molar-refractivity contribution in [3.05, 3.63) is 35.9 Å². The lowest BCUT2D eigenvalue weighted by molar-refractivity contribution is -0.127. The second kappa shape index (κ2) is 14.0. The number of likely N-dealkylation sites (tertiary alicyclic amines) is 1. The fourth-order valence-corrected chi connectivity index (χ4v) is 4.42. The molecule has 2 saturated heterocycles. The molecular formula is C24H40IN5O2. The largest absolute Gasteiger partial charge is 0.379 e. The van der Waals surface area contributed by atoms with Crippen LogP contribution in [0.2, 0.25) is 0 Å². The molecule has 0 bridgehead atoms. The molecule has 0 spiro atoms. The first-order chi connectivity index (χ1) is 15.1. The molecule has 0 saturated carbocycles. The van der Waals surface area contributed by atoms with Gasteiger partial charge in [-0.05, 0) is 32.8 Å². The Labute approximate surface area is 210 Å². The zero-order valence-electron chi connectivity index (χ0n) is 19.8. The molecule has 2 N–H and O–H groups in total. The number of rotatable bonds is 9. The first kappa shape index (κ1) is 26.9. The molecule has 2 aliphatic rings. The van der Waals surface area contributed by atoms with Gasteiger partial charge in [-0.15, -0.1) is 24.0 Å². The molecule has 32 heavy (non-hydrogen) atoms. The second-order valence-corrected chi connectivity index (χ2v) is 8.76. The Kier molecular flexibility index (Phi) is 11.7. The third-order valence-corrected chi connectivity index (χ3v) is 6.21. The van der Waals surface area contributed by atoms with Crippen LogP contribution in [0.5, 0.6) is 0 Å². The van der Waals surface area contributed by atoms with Gasteiger partial charge in [0.05, 0.1) is 19.8 Å². The van der Waals surface area contributed by atoms with Crippen molar-refractivity contribution in [3.63, 3.8) is 0 Å². The average Bonchev–Trinajstić information content (AvgIpc) is 3.14. The van der Waals surface area contributed by atoms with E-state index in [1.54, 1.807) is 0 Å². The van der Waals surface area contributed by atoms with Crippen LogP contribution in [0.1, 0.15) is 32.8 Å². The molecule has 1 aromatic carbocycles. The third kappa shape index (κ3) is 8.19. The monoisotopic (exact) mass is 557 g/mol. The number of guanidine groups is 1. The minimum Gasteiger partial charge on any atom is -0.379 e. The molecule has 180 valence electrons. The number of nitrogens with one attached hydrogen (secondary N) is 2. The van der Waals surface area contributed by atoms with E-state index in [9.17, 15) is 4.79 Å². The van der Waals surface area contributed by atoms with E-state index in [1.807, 2.05) is 11.0 Å². The zero-order valence-corrected chi connectivity index (χ0v) is 22.1. The van der Waals surface area contributed by atoms with Crippen molar-refractivity contribution in [1.29, 1.82) is 0 Å². The van der Waals surface area contributed by atoms with Gasteiger partial charge in [-0.3, -0.25) is 14.7 Å². The van der Waals surface area contributed by atoms with Crippen molar-refractivity contribution in [1.82, 2.24) is 20.4 Å². The summed E-state index contributed by atoms with van der Waals surface area (Å²) in [7, 11) is 0. The fourth-order valence-electron chi connectivity index (χ4n) is 4.42. The van der Waals surface area contributed by atoms with Crippen LogP contribution in [-0.2, 0) is 16.0 Å². The molecule has 8 heteroatoms. The predicted octanol–water partition coefficient (Wildman–Crippen LogP) is 2.36. The number of halogens is 1. The van der Waals surface area contributed by atoms with E-state index in [4.69, 9.17) is 9.73 Å². The van der Waals surface area contributed by atoms with Gasteiger partial charge >= 0.3 is 0 Å². The number of ether oxygens (including phenoxy) is 1. The molecule has 3 atom stereocenters. The zero-order chi connectivity index (χ0) is 22.1. The maximum atomic E-state index is 12.4. The van der Waals surface area contributed by atoms with E-state index in [0.29, 0.717) is 24.4 Å². The van der Waals surface area contributed by atoms with E-state index in [1.165, 1.54) is 5.56 Å². The summed E-state index contributed by atoms with van der Waals surface area (Å²) in [5, 5.41) is 6.81. The minimum atomic E-state index is 0. The Morgan fingerprint density at radius 3 is 2.78 bits per heavy atom. The van der Waals surface area contributed by atoms with Crippen LogP contribution >= 0.6 is 24.0 Å². The van der Waals surface area contributed by atoms with E-state index in [0.717, 1.165) is 64.9 Å². The Hall–Kier alpha value is -1.39. The number of nitrogens with zero attached hydrogens (tertiary/aromatic N) is 3. The van der Waals surface area contributed by atoms with Gasteiger partial charge < -0.3 is 20.3 Å². The van der Waals surface area contributed by atoms with Crippen LogP contribution in [-0.4, -0.2) is 86.2 Å². The molecule has 7 nitrogen and oxygen atoms in total. The Bertz CT molecular complexity index is 718. The van der Waals surface area contributed by atoms with Gasteiger partial charge in [0, 0.05) is 57.1 Å². The Morgan fingerprint density at radius 2 is 2.06 bits per heavy atom. The summed E-state index contributed by atoms with van der Waals surface area (Å²) >= 11 is 0. The van der Waals surface area contributed by atoms with Crippen LogP contribution in [0.25, 0.3) is 0 Å². The molecule has 3 unspecified atom stereocenters. The molecule has 1 amide bonds. The summed E-state index contributed by atoms with van der Waals surface area (Å²) in [6.45, 7) is 13.0. The summed E-state index contributed by atoms with van der Waals surface area (Å²) in [4.78, 5) is 21.7. The van der Waals surface area contributed by atoms with Crippen LogP contribution < -0.4 is 10.6 Å². The summed E-state index contributed by atoms with van der Waals surface area (Å²) < 4.78 is 5.55. The van der Waals surface area contributed by atoms with E-state index >= 15 is 0 Å². The van der Waals surface area contributed by atoms with Crippen LogP contribution in [0, 0.1) is 5.92 Å². The molecule has 0 aliphatic carbocycles. The van der Waals surface area contributed by atoms with Gasteiger partial charge in [0.25, 0.3) is 0 Å². The topological polar surface area (TPSA) is 69.2 Å². The van der Waals surface area contributed by atoms with Crippen LogP contribution in [0.4, 0.5) is 0 Å². The maximum absolute atomic E-state index is 12.4. The summed E-state index contributed by atoms with van der Waals surface area (Å²) in [6.07, 6.45) is 1.53. The summed E-state index contributed by atoms with van der Waals surface area (Å²) in [5.74, 6) is 1.42. The normalized spacial score (nSPS) is 23.0. The van der Waals surface area contributed by atoms with Crippen molar-refractivity contribution in [2.24, 2.45) is 10.9 Å². The molecule has 0 aromatic heterocycles. The van der Waals surface area contributed by atoms with Gasteiger partial charge in [0.15, 0.2) is 5.96 Å². The number of morpholine rings is 1. The molecular weight excluding hydrogens is 517 g/mol. The standard InChI is InChI=1S/C24H39N5O2.HI/c1-4-25-24(26-15-19(2)29-12-13-31-18-20(29)3)27-16-22-14-23(30)28(17-22)11-10-21-8-6-5-7-9-21;/h5-9,19-20,22H,4,10-18H2,1-3H3,(H2,25,26,27);1H. The number of benzene rings is 1. The number of hydrogen-bond donors (Lipinski definition) is 2. The van der Waals surface area contributed by atoms with Crippen LogP contribution in [0.3, 0.4) is 0 Å². The molecule has 2 aliphatic heterocycles. The van der Waals surface area contributed by atoms with Gasteiger partial charge in [-0.25, -0.2) is 0 Å². The smallest absolute Gasteiger partial charge is 0.223 e. The predicted molar refractivity (Wildman–Crippen MR) is 141 cm³/mol. The van der Waals surface area contributed by atoms with Crippen molar-refractivity contribution in [3.8, 4) is 0 Å². The molecule has 1 aromatic rings. The van der Waals surface area contributed by atoms with Crippen molar-refractivity contribution in [2.45, 2.75) is 45.7 Å². The van der Waals surface area contributed by atoms with Crippen molar-refractivity contribution >= 4 is 35.8 Å². The SMILES string of the molecule is CCNC(=NCC(C)N1CCOCC1C)NCC1CC(=O)N(CCc2ccccc2)C1.I. The highest BCUT2D eigenvalue weighted by Gasteiger charge is 2.29. The summed E-state index contributed by atoms with van der Waals surface area (Å²) in [6, 6.07) is 11.2. The van der Waals surface area contributed by atoms with Gasteiger partial charge in [0.1, 0.15) is 0 Å². The lowest BCUT2D eigenvalue weighted by Gasteiger charge is -2.37. The quantitative estimate of drug-likeness (QED) is 0.277. The van der Waals surface area contributed by atoms with Crippen molar-refractivity contribution < 1.29 is 9.53 Å². The number of carbonyl (C=O) groups is 1. The number of carbonyl (C=O) groups excluding carboxylic acids is 1. The number of hydrogen-bond acceptors (Lipinski definition) is 4. The van der Waals surface area contributed by atoms with E-state index < -0.39 is 0 Å². The summed E-state index contributed by atoms with van der Waals surface area (Å²) in [5.41, 5.74) is 1.28. The number of aliphatic imine (C=N–C) groups is 1. The molecule has 3 rings (SSSR count). The first-order valence-electron chi connectivity index (χ1n) is 11.7. The molecule has 2 fully saturated rings. The minimum absolute atomic E-state index is 0. The average molecular weight is 558 g/mol. The van der Waals surface area contributed by atoms with Gasteiger partial charge in [-0.2, -0.15) is 0 Å². The van der Waals surface area contributed by atoms with E-state index in [-0.39, 0.29) is 29.9 Å². The third-order valence-electron chi connectivity index (χ3n) is 6.21.